The maximum atomic E-state index is 10.7. The molecule has 0 heterocycles. The normalized spacial score (nSPS) is 12.7. The van der Waals surface area contributed by atoms with Gasteiger partial charge in [-0.3, -0.25) is 4.55 Å². The SMILES string of the molecule is CCN(CC(O)CS(=O)(=O)O)c1cc(C)cc(C)c1.[Na]. The molecular formula is C13H21NNaO4S. The van der Waals surface area contributed by atoms with Crippen molar-refractivity contribution in [2.75, 3.05) is 23.7 Å². The summed E-state index contributed by atoms with van der Waals surface area (Å²) in [5.74, 6) is -0.645. The third-order valence-electron chi connectivity index (χ3n) is 2.79. The molecule has 0 amide bonds. The maximum absolute atomic E-state index is 10.7. The van der Waals surface area contributed by atoms with E-state index in [1.807, 2.05) is 43.9 Å². The summed E-state index contributed by atoms with van der Waals surface area (Å²) in [7, 11) is -4.15. The van der Waals surface area contributed by atoms with Crippen LogP contribution in [0.5, 0.6) is 0 Å². The van der Waals surface area contributed by atoms with Crippen molar-refractivity contribution in [3.63, 3.8) is 0 Å². The zero-order valence-electron chi connectivity index (χ0n) is 12.5. The van der Waals surface area contributed by atoms with Crippen LogP contribution >= 0.6 is 0 Å². The first-order valence-electron chi connectivity index (χ1n) is 6.17. The van der Waals surface area contributed by atoms with Crippen LogP contribution in [0, 0.1) is 13.8 Å². The predicted molar refractivity (Wildman–Crippen MR) is 82.0 cm³/mol. The summed E-state index contributed by atoms with van der Waals surface area (Å²) < 4.78 is 30.2. The summed E-state index contributed by atoms with van der Waals surface area (Å²) >= 11 is 0. The number of nitrogens with zero attached hydrogens (tertiary/aromatic N) is 1. The van der Waals surface area contributed by atoms with Gasteiger partial charge in [0.1, 0.15) is 5.75 Å². The van der Waals surface area contributed by atoms with Crippen molar-refractivity contribution in [2.45, 2.75) is 26.9 Å². The molecule has 1 rings (SSSR count). The summed E-state index contributed by atoms with van der Waals surface area (Å²) in [4.78, 5) is 1.88. The monoisotopic (exact) mass is 310 g/mol. The molecule has 7 heteroatoms. The van der Waals surface area contributed by atoms with E-state index in [1.54, 1.807) is 0 Å². The number of hydrogen-bond acceptors (Lipinski definition) is 4. The summed E-state index contributed by atoms with van der Waals surface area (Å²) in [5.41, 5.74) is 3.16. The Morgan fingerprint density at radius 2 is 1.70 bits per heavy atom. The van der Waals surface area contributed by atoms with Gasteiger partial charge < -0.3 is 10.0 Å². The summed E-state index contributed by atoms with van der Waals surface area (Å²) in [6.07, 6.45) is -1.12. The molecule has 0 fully saturated rings. The number of likely N-dealkylation sites (N-methyl/N-ethyl adjacent to an activating group) is 1. The Morgan fingerprint density at radius 3 is 2.10 bits per heavy atom. The van der Waals surface area contributed by atoms with E-state index in [0.717, 1.165) is 16.8 Å². The minimum atomic E-state index is -4.15. The van der Waals surface area contributed by atoms with E-state index < -0.39 is 22.0 Å². The van der Waals surface area contributed by atoms with Gasteiger partial charge in [-0.25, -0.2) is 0 Å². The smallest absolute Gasteiger partial charge is 0.267 e. The molecule has 1 atom stereocenters. The van der Waals surface area contributed by atoms with Crippen LogP contribution in [0.2, 0.25) is 0 Å². The molecule has 0 bridgehead atoms. The van der Waals surface area contributed by atoms with Gasteiger partial charge in [-0.05, 0) is 44.0 Å². The zero-order chi connectivity index (χ0) is 14.6. The molecule has 1 aromatic carbocycles. The second kappa shape index (κ2) is 8.36. The Labute approximate surface area is 143 Å². The van der Waals surface area contributed by atoms with Gasteiger partial charge in [0.15, 0.2) is 0 Å². The van der Waals surface area contributed by atoms with Crippen LogP contribution in [-0.4, -0.2) is 72.6 Å². The van der Waals surface area contributed by atoms with Gasteiger partial charge in [-0.2, -0.15) is 8.42 Å². The molecule has 20 heavy (non-hydrogen) atoms. The molecule has 0 spiro atoms. The molecule has 109 valence electrons. The van der Waals surface area contributed by atoms with Crippen LogP contribution in [-0.2, 0) is 10.1 Å². The first-order valence-corrected chi connectivity index (χ1v) is 7.78. The minimum absolute atomic E-state index is 0. The molecule has 0 saturated heterocycles. The van der Waals surface area contributed by atoms with Crippen LogP contribution in [0.1, 0.15) is 18.1 Å². The van der Waals surface area contributed by atoms with Gasteiger partial charge in [0, 0.05) is 48.3 Å². The number of aryl methyl sites for hydroxylation is 2. The Morgan fingerprint density at radius 1 is 1.20 bits per heavy atom. The van der Waals surface area contributed by atoms with E-state index in [1.165, 1.54) is 0 Å². The van der Waals surface area contributed by atoms with E-state index in [2.05, 4.69) is 0 Å². The van der Waals surface area contributed by atoms with Gasteiger partial charge >= 0.3 is 0 Å². The third-order valence-corrected chi connectivity index (χ3v) is 3.59. The van der Waals surface area contributed by atoms with Crippen molar-refractivity contribution < 1.29 is 18.1 Å². The van der Waals surface area contributed by atoms with E-state index in [9.17, 15) is 13.5 Å². The molecule has 0 aromatic heterocycles. The van der Waals surface area contributed by atoms with Gasteiger partial charge in [0.2, 0.25) is 0 Å². The van der Waals surface area contributed by atoms with Crippen LogP contribution in [0.15, 0.2) is 18.2 Å². The minimum Gasteiger partial charge on any atom is -0.390 e. The Balaban J connectivity index is 0.00000361. The average molecular weight is 310 g/mol. The Hall–Kier alpha value is -0.110. The number of rotatable bonds is 6. The van der Waals surface area contributed by atoms with E-state index >= 15 is 0 Å². The zero-order valence-corrected chi connectivity index (χ0v) is 15.3. The fraction of sp³-hybridized carbons (Fsp3) is 0.538. The Kier molecular flexibility index (Phi) is 8.32. The first kappa shape index (κ1) is 19.9. The predicted octanol–water partition coefficient (Wildman–Crippen LogP) is 0.998. The van der Waals surface area contributed by atoms with E-state index in [0.29, 0.717) is 6.54 Å². The molecule has 0 aliphatic rings. The number of anilines is 1. The fourth-order valence-electron chi connectivity index (χ4n) is 2.10. The van der Waals surface area contributed by atoms with Gasteiger partial charge in [0.25, 0.3) is 10.1 Å². The van der Waals surface area contributed by atoms with Crippen LogP contribution in [0.3, 0.4) is 0 Å². The quantitative estimate of drug-likeness (QED) is 0.605. The van der Waals surface area contributed by atoms with Crippen molar-refractivity contribution in [1.82, 2.24) is 0 Å². The number of hydrogen-bond donors (Lipinski definition) is 2. The van der Waals surface area contributed by atoms with Crippen LogP contribution < -0.4 is 4.90 Å². The van der Waals surface area contributed by atoms with Crippen molar-refractivity contribution in [3.8, 4) is 0 Å². The standard InChI is InChI=1S/C13H21NO4S.Na/c1-4-14(8-13(15)9-19(16,17)18)12-6-10(2)5-11(3)7-12;/h5-7,13,15H,4,8-9H2,1-3H3,(H,16,17,18);. The molecule has 5 nitrogen and oxygen atoms in total. The molecule has 1 radical (unpaired) electrons. The van der Waals surface area contributed by atoms with E-state index in [-0.39, 0.29) is 36.1 Å². The van der Waals surface area contributed by atoms with Crippen LogP contribution in [0.25, 0.3) is 0 Å². The van der Waals surface area contributed by atoms with Gasteiger partial charge in [-0.15, -0.1) is 0 Å². The fourth-order valence-corrected chi connectivity index (χ4v) is 2.69. The number of benzene rings is 1. The molecule has 1 unspecified atom stereocenters. The third kappa shape index (κ3) is 7.06. The summed E-state index contributed by atoms with van der Waals surface area (Å²) in [6, 6.07) is 6.01. The Bertz CT molecular complexity index is 513. The molecule has 2 N–H and O–H groups in total. The molecule has 0 aliphatic heterocycles. The molecular weight excluding hydrogens is 289 g/mol. The van der Waals surface area contributed by atoms with Crippen molar-refractivity contribution in [1.29, 1.82) is 0 Å². The molecule has 0 saturated carbocycles. The van der Waals surface area contributed by atoms with Crippen molar-refractivity contribution >= 4 is 45.4 Å². The van der Waals surface area contributed by atoms with E-state index in [4.69, 9.17) is 4.55 Å². The maximum Gasteiger partial charge on any atom is 0.267 e. The van der Waals surface area contributed by atoms with Crippen molar-refractivity contribution in [2.24, 2.45) is 0 Å². The topological polar surface area (TPSA) is 77.8 Å². The second-order valence-corrected chi connectivity index (χ2v) is 6.28. The number of aliphatic hydroxyl groups is 1. The largest absolute Gasteiger partial charge is 0.390 e. The van der Waals surface area contributed by atoms with Crippen LogP contribution in [0.4, 0.5) is 5.69 Å². The molecule has 1 aromatic rings. The van der Waals surface area contributed by atoms with Crippen molar-refractivity contribution in [3.05, 3.63) is 29.3 Å². The second-order valence-electron chi connectivity index (χ2n) is 4.79. The average Bonchev–Trinajstić information content (AvgIpc) is 2.21. The van der Waals surface area contributed by atoms with Gasteiger partial charge in [0.05, 0.1) is 6.10 Å². The summed E-state index contributed by atoms with van der Waals surface area (Å²) in [5, 5.41) is 9.71. The van der Waals surface area contributed by atoms with Gasteiger partial charge in [-0.1, -0.05) is 6.07 Å². The summed E-state index contributed by atoms with van der Waals surface area (Å²) in [6.45, 7) is 6.71. The number of aliphatic hydroxyl groups excluding tert-OH is 1. The first-order chi connectivity index (χ1) is 8.71. The molecule has 0 aliphatic carbocycles.